The maximum atomic E-state index is 12.9. The van der Waals surface area contributed by atoms with E-state index in [0.717, 1.165) is 23.8 Å². The second-order valence-corrected chi connectivity index (χ2v) is 8.97. The number of hydrogen-bond donors (Lipinski definition) is 1. The molecule has 1 saturated heterocycles. The summed E-state index contributed by atoms with van der Waals surface area (Å²) < 4.78 is 76.4. The van der Waals surface area contributed by atoms with Crippen molar-refractivity contribution in [2.24, 2.45) is 0 Å². The van der Waals surface area contributed by atoms with Crippen molar-refractivity contribution in [1.82, 2.24) is 9.62 Å². The van der Waals surface area contributed by atoms with Crippen LogP contribution in [0.2, 0.25) is 0 Å². The Hall–Kier alpha value is -2.79. The fraction of sp³-hybridized carbons (Fsp3) is 0.381. The third kappa shape index (κ3) is 5.16. The lowest BCUT2D eigenvalue weighted by Gasteiger charge is -2.27. The Kier molecular flexibility index (Phi) is 6.99. The summed E-state index contributed by atoms with van der Waals surface area (Å²) in [6.45, 7) is -0.170. The molecule has 1 aliphatic heterocycles. The van der Waals surface area contributed by atoms with Gasteiger partial charge in [-0.15, -0.1) is 0 Å². The lowest BCUT2D eigenvalue weighted by atomic mass is 10.0. The van der Waals surface area contributed by atoms with E-state index in [-0.39, 0.29) is 6.04 Å². The lowest BCUT2D eigenvalue weighted by Crippen LogP contribution is -2.40. The monoisotopic (exact) mass is 472 g/mol. The van der Waals surface area contributed by atoms with Crippen LogP contribution in [0.1, 0.15) is 30.0 Å². The van der Waals surface area contributed by atoms with Gasteiger partial charge in [0.1, 0.15) is 11.5 Å². The van der Waals surface area contributed by atoms with Gasteiger partial charge in [0, 0.05) is 12.1 Å². The summed E-state index contributed by atoms with van der Waals surface area (Å²) in [5, 5.41) is 0. The minimum Gasteiger partial charge on any atom is -0.497 e. The van der Waals surface area contributed by atoms with Gasteiger partial charge in [-0.05, 0) is 49.2 Å². The Morgan fingerprint density at radius 1 is 1.16 bits per heavy atom. The number of sulfonamides is 1. The SMILES string of the molecule is COc1ccc(OC)c(C2CCCN2C(=O)CNS(=O)(=O)c2cccc(C(F)(F)F)c2)c1. The Morgan fingerprint density at radius 2 is 1.91 bits per heavy atom. The summed E-state index contributed by atoms with van der Waals surface area (Å²) in [4.78, 5) is 13.8. The van der Waals surface area contributed by atoms with Gasteiger partial charge >= 0.3 is 6.18 Å². The summed E-state index contributed by atoms with van der Waals surface area (Å²) in [5.41, 5.74) is -0.352. The van der Waals surface area contributed by atoms with E-state index >= 15 is 0 Å². The lowest BCUT2D eigenvalue weighted by molar-refractivity contribution is -0.137. The van der Waals surface area contributed by atoms with Gasteiger partial charge in [0.15, 0.2) is 0 Å². The second kappa shape index (κ2) is 9.37. The quantitative estimate of drug-likeness (QED) is 0.668. The van der Waals surface area contributed by atoms with Gasteiger partial charge in [0.25, 0.3) is 0 Å². The molecule has 0 radical (unpaired) electrons. The van der Waals surface area contributed by atoms with Crippen molar-refractivity contribution in [2.75, 3.05) is 27.3 Å². The van der Waals surface area contributed by atoms with Crippen molar-refractivity contribution in [3.63, 3.8) is 0 Å². The third-order valence-electron chi connectivity index (χ3n) is 5.25. The zero-order valence-corrected chi connectivity index (χ0v) is 18.3. The van der Waals surface area contributed by atoms with Crippen LogP contribution < -0.4 is 14.2 Å². The summed E-state index contributed by atoms with van der Waals surface area (Å²) in [5.74, 6) is 0.665. The van der Waals surface area contributed by atoms with Crippen LogP contribution in [0.15, 0.2) is 47.4 Å². The number of amides is 1. The molecule has 32 heavy (non-hydrogen) atoms. The summed E-state index contributed by atoms with van der Waals surface area (Å²) in [7, 11) is -1.29. The van der Waals surface area contributed by atoms with E-state index in [4.69, 9.17) is 9.47 Å². The molecule has 2 aromatic rings. The zero-order valence-electron chi connectivity index (χ0n) is 17.5. The van der Waals surface area contributed by atoms with Crippen molar-refractivity contribution < 1.29 is 35.9 Å². The number of benzene rings is 2. The van der Waals surface area contributed by atoms with Gasteiger partial charge in [0.2, 0.25) is 15.9 Å². The van der Waals surface area contributed by atoms with E-state index in [1.165, 1.54) is 19.1 Å². The molecule has 11 heteroatoms. The molecule has 7 nitrogen and oxygen atoms in total. The van der Waals surface area contributed by atoms with Crippen molar-refractivity contribution in [2.45, 2.75) is 30.0 Å². The van der Waals surface area contributed by atoms with Crippen LogP contribution in [0, 0.1) is 0 Å². The molecule has 174 valence electrons. The normalized spacial score (nSPS) is 16.8. The number of carbonyl (C=O) groups excluding carboxylic acids is 1. The number of halogens is 3. The number of nitrogens with zero attached hydrogens (tertiary/aromatic N) is 1. The maximum Gasteiger partial charge on any atom is 0.416 e. The zero-order chi connectivity index (χ0) is 23.5. The summed E-state index contributed by atoms with van der Waals surface area (Å²) >= 11 is 0. The Balaban J connectivity index is 1.76. The molecule has 3 rings (SSSR count). The molecule has 0 aliphatic carbocycles. The van der Waals surface area contributed by atoms with Crippen molar-refractivity contribution in [3.8, 4) is 11.5 Å². The van der Waals surface area contributed by atoms with E-state index in [1.54, 1.807) is 18.2 Å². The molecule has 0 spiro atoms. The van der Waals surface area contributed by atoms with Gasteiger partial charge in [-0.1, -0.05) is 6.07 Å². The van der Waals surface area contributed by atoms with Gasteiger partial charge in [0.05, 0.1) is 37.3 Å². The van der Waals surface area contributed by atoms with E-state index in [1.807, 2.05) is 0 Å². The summed E-state index contributed by atoms with van der Waals surface area (Å²) in [6.07, 6.45) is -3.33. The number of alkyl halides is 3. The number of carbonyl (C=O) groups is 1. The Labute approximate surface area is 184 Å². The van der Waals surface area contributed by atoms with Crippen LogP contribution in [0.4, 0.5) is 13.2 Å². The van der Waals surface area contributed by atoms with E-state index in [9.17, 15) is 26.4 Å². The molecule has 1 fully saturated rings. The van der Waals surface area contributed by atoms with Crippen LogP contribution in [0.3, 0.4) is 0 Å². The first-order chi connectivity index (χ1) is 15.1. The van der Waals surface area contributed by atoms with Crippen LogP contribution in [-0.4, -0.2) is 46.5 Å². The molecular weight excluding hydrogens is 449 g/mol. The molecule has 1 heterocycles. The molecule has 1 N–H and O–H groups in total. The minimum atomic E-state index is -4.68. The van der Waals surface area contributed by atoms with Crippen LogP contribution in [0.25, 0.3) is 0 Å². The highest BCUT2D eigenvalue weighted by Crippen LogP contribution is 2.39. The van der Waals surface area contributed by atoms with Crippen molar-refractivity contribution in [3.05, 3.63) is 53.6 Å². The first-order valence-corrected chi connectivity index (χ1v) is 11.2. The fourth-order valence-electron chi connectivity index (χ4n) is 3.67. The van der Waals surface area contributed by atoms with Gasteiger partial charge in [-0.3, -0.25) is 4.79 Å². The van der Waals surface area contributed by atoms with Crippen LogP contribution in [-0.2, 0) is 21.0 Å². The van der Waals surface area contributed by atoms with E-state index < -0.39 is 39.1 Å². The molecule has 0 bridgehead atoms. The number of likely N-dealkylation sites (tertiary alicyclic amines) is 1. The average molecular weight is 472 g/mol. The smallest absolute Gasteiger partial charge is 0.416 e. The maximum absolute atomic E-state index is 12.9. The molecule has 1 atom stereocenters. The molecule has 1 aliphatic rings. The first-order valence-electron chi connectivity index (χ1n) is 9.75. The van der Waals surface area contributed by atoms with Crippen LogP contribution in [0.5, 0.6) is 11.5 Å². The minimum absolute atomic E-state index is 0.342. The highest BCUT2D eigenvalue weighted by atomic mass is 32.2. The largest absolute Gasteiger partial charge is 0.497 e. The Bertz CT molecular complexity index is 1090. The standard InChI is InChI=1S/C21H23F3N2O5S/c1-30-15-8-9-19(31-2)17(12-15)18-7-4-10-26(18)20(27)13-25-32(28,29)16-6-3-5-14(11-16)21(22,23)24/h3,5-6,8-9,11-12,18,25H,4,7,10,13H2,1-2H3. The topological polar surface area (TPSA) is 84.9 Å². The highest BCUT2D eigenvalue weighted by Gasteiger charge is 2.34. The fourth-order valence-corrected chi connectivity index (χ4v) is 4.69. The van der Waals surface area contributed by atoms with Gasteiger partial charge in [-0.2, -0.15) is 13.2 Å². The van der Waals surface area contributed by atoms with Crippen molar-refractivity contribution >= 4 is 15.9 Å². The van der Waals surface area contributed by atoms with Gasteiger partial charge < -0.3 is 14.4 Å². The third-order valence-corrected chi connectivity index (χ3v) is 6.65. The van der Waals surface area contributed by atoms with E-state index in [0.29, 0.717) is 37.0 Å². The van der Waals surface area contributed by atoms with Crippen LogP contribution >= 0.6 is 0 Å². The van der Waals surface area contributed by atoms with Gasteiger partial charge in [-0.25, -0.2) is 13.1 Å². The molecule has 1 amide bonds. The predicted octanol–water partition coefficient (Wildman–Crippen LogP) is 3.36. The summed E-state index contributed by atoms with van der Waals surface area (Å²) in [6, 6.07) is 8.24. The molecule has 1 unspecified atom stereocenters. The number of nitrogens with one attached hydrogen (secondary N) is 1. The molecule has 0 saturated carbocycles. The average Bonchev–Trinajstić information content (AvgIpc) is 3.26. The number of rotatable bonds is 7. The number of ether oxygens (including phenoxy) is 2. The molecular formula is C21H23F3N2O5S. The first kappa shape index (κ1) is 23.9. The number of hydrogen-bond acceptors (Lipinski definition) is 5. The highest BCUT2D eigenvalue weighted by molar-refractivity contribution is 7.89. The number of methoxy groups -OCH3 is 2. The Morgan fingerprint density at radius 3 is 2.56 bits per heavy atom. The molecule has 0 aromatic heterocycles. The van der Waals surface area contributed by atoms with E-state index in [2.05, 4.69) is 4.72 Å². The molecule has 2 aromatic carbocycles. The predicted molar refractivity (Wildman–Crippen MR) is 110 cm³/mol. The second-order valence-electron chi connectivity index (χ2n) is 7.20. The van der Waals surface area contributed by atoms with Crippen molar-refractivity contribution in [1.29, 1.82) is 0 Å².